The van der Waals surface area contributed by atoms with Crippen molar-refractivity contribution in [3.63, 3.8) is 0 Å². The Morgan fingerprint density at radius 1 is 1.38 bits per heavy atom. The zero-order valence-corrected chi connectivity index (χ0v) is 10.7. The van der Waals surface area contributed by atoms with E-state index in [9.17, 15) is 4.79 Å². The fraction of sp³-hybridized carbons (Fsp3) is 0.923. The molecule has 1 saturated carbocycles. The Labute approximate surface area is 99.2 Å². The van der Waals surface area contributed by atoms with Crippen LogP contribution in [0.2, 0.25) is 0 Å². The van der Waals surface area contributed by atoms with E-state index in [1.165, 1.54) is 25.7 Å². The van der Waals surface area contributed by atoms with Crippen molar-refractivity contribution in [2.45, 2.75) is 58.4 Å². The molecule has 0 spiro atoms. The Hall–Kier alpha value is -0.570. The summed E-state index contributed by atoms with van der Waals surface area (Å²) in [5, 5.41) is 2.99. The third kappa shape index (κ3) is 4.52. The summed E-state index contributed by atoms with van der Waals surface area (Å²) in [6.07, 6.45) is 6.88. The first kappa shape index (κ1) is 13.5. The van der Waals surface area contributed by atoms with E-state index < -0.39 is 0 Å². The molecule has 0 aliphatic heterocycles. The fourth-order valence-electron chi connectivity index (χ4n) is 2.35. The van der Waals surface area contributed by atoms with E-state index in [1.807, 2.05) is 0 Å². The molecule has 0 bridgehead atoms. The van der Waals surface area contributed by atoms with Gasteiger partial charge in [-0.2, -0.15) is 0 Å². The zero-order valence-electron chi connectivity index (χ0n) is 10.7. The third-order valence-corrected chi connectivity index (χ3v) is 3.64. The summed E-state index contributed by atoms with van der Waals surface area (Å²) in [4.78, 5) is 11.6. The SMILES string of the molecule is CCC[C@H](N)C(=O)NCC1CCC(C)CC1. The highest BCUT2D eigenvalue weighted by Gasteiger charge is 2.19. The van der Waals surface area contributed by atoms with E-state index in [4.69, 9.17) is 5.73 Å². The molecule has 0 aromatic carbocycles. The van der Waals surface area contributed by atoms with Gasteiger partial charge in [0.15, 0.2) is 0 Å². The average molecular weight is 226 g/mol. The maximum absolute atomic E-state index is 11.6. The monoisotopic (exact) mass is 226 g/mol. The lowest BCUT2D eigenvalue weighted by Gasteiger charge is -2.26. The molecule has 1 aliphatic rings. The van der Waals surface area contributed by atoms with Gasteiger partial charge in [0.2, 0.25) is 5.91 Å². The molecule has 3 N–H and O–H groups in total. The highest BCUT2D eigenvalue weighted by Crippen LogP contribution is 2.27. The van der Waals surface area contributed by atoms with Crippen molar-refractivity contribution in [1.82, 2.24) is 5.32 Å². The van der Waals surface area contributed by atoms with Crippen LogP contribution in [0.1, 0.15) is 52.4 Å². The molecular formula is C13H26N2O. The number of rotatable bonds is 5. The highest BCUT2D eigenvalue weighted by molar-refractivity contribution is 5.81. The van der Waals surface area contributed by atoms with Crippen molar-refractivity contribution in [2.24, 2.45) is 17.6 Å². The number of amides is 1. The minimum Gasteiger partial charge on any atom is -0.354 e. The lowest BCUT2D eigenvalue weighted by Crippen LogP contribution is -2.42. The first-order chi connectivity index (χ1) is 7.63. The van der Waals surface area contributed by atoms with Crippen molar-refractivity contribution >= 4 is 5.91 Å². The minimum atomic E-state index is -0.312. The van der Waals surface area contributed by atoms with E-state index in [-0.39, 0.29) is 11.9 Å². The second-order valence-electron chi connectivity index (χ2n) is 5.27. The van der Waals surface area contributed by atoms with Gasteiger partial charge in [-0.1, -0.05) is 33.1 Å². The van der Waals surface area contributed by atoms with E-state index in [0.717, 1.165) is 25.3 Å². The van der Waals surface area contributed by atoms with E-state index in [2.05, 4.69) is 19.2 Å². The Balaban J connectivity index is 2.16. The number of nitrogens with one attached hydrogen (secondary N) is 1. The molecule has 16 heavy (non-hydrogen) atoms. The van der Waals surface area contributed by atoms with Gasteiger partial charge in [0, 0.05) is 6.54 Å². The molecule has 94 valence electrons. The highest BCUT2D eigenvalue weighted by atomic mass is 16.2. The Bertz CT molecular complexity index is 210. The fourth-order valence-corrected chi connectivity index (χ4v) is 2.35. The molecule has 0 saturated heterocycles. The predicted molar refractivity (Wildman–Crippen MR) is 67.0 cm³/mol. The zero-order chi connectivity index (χ0) is 12.0. The Morgan fingerprint density at radius 3 is 2.56 bits per heavy atom. The van der Waals surface area contributed by atoms with Crippen molar-refractivity contribution in [2.75, 3.05) is 6.54 Å². The van der Waals surface area contributed by atoms with Crippen molar-refractivity contribution in [3.8, 4) is 0 Å². The molecular weight excluding hydrogens is 200 g/mol. The molecule has 0 aromatic rings. The standard InChI is InChI=1S/C13H26N2O/c1-3-4-12(14)13(16)15-9-11-7-5-10(2)6-8-11/h10-12H,3-9,14H2,1-2H3,(H,15,16)/t10?,11?,12-/m0/s1. The maximum atomic E-state index is 11.6. The molecule has 1 amide bonds. The van der Waals surface area contributed by atoms with Gasteiger partial charge in [-0.3, -0.25) is 4.79 Å². The van der Waals surface area contributed by atoms with E-state index in [0.29, 0.717) is 5.92 Å². The van der Waals surface area contributed by atoms with E-state index >= 15 is 0 Å². The van der Waals surface area contributed by atoms with Crippen molar-refractivity contribution in [1.29, 1.82) is 0 Å². The van der Waals surface area contributed by atoms with Crippen LogP contribution in [0.3, 0.4) is 0 Å². The summed E-state index contributed by atoms with van der Waals surface area (Å²) < 4.78 is 0. The maximum Gasteiger partial charge on any atom is 0.236 e. The average Bonchev–Trinajstić information content (AvgIpc) is 2.28. The molecule has 0 heterocycles. The molecule has 3 heteroatoms. The topological polar surface area (TPSA) is 55.1 Å². The predicted octanol–water partition coefficient (Wildman–Crippen LogP) is 2.06. The first-order valence-electron chi connectivity index (χ1n) is 6.66. The van der Waals surface area contributed by atoms with E-state index in [1.54, 1.807) is 0 Å². The van der Waals surface area contributed by atoms with Gasteiger partial charge in [-0.15, -0.1) is 0 Å². The summed E-state index contributed by atoms with van der Waals surface area (Å²) >= 11 is 0. The molecule has 0 radical (unpaired) electrons. The first-order valence-corrected chi connectivity index (χ1v) is 6.66. The van der Waals surface area contributed by atoms with Crippen LogP contribution in [-0.4, -0.2) is 18.5 Å². The van der Waals surface area contributed by atoms with Crippen LogP contribution < -0.4 is 11.1 Å². The van der Waals surface area contributed by atoms with Gasteiger partial charge in [0.25, 0.3) is 0 Å². The van der Waals surface area contributed by atoms with Gasteiger partial charge in [-0.25, -0.2) is 0 Å². The Morgan fingerprint density at radius 2 is 2.00 bits per heavy atom. The van der Waals surface area contributed by atoms with Gasteiger partial charge < -0.3 is 11.1 Å². The largest absolute Gasteiger partial charge is 0.354 e. The van der Waals surface area contributed by atoms with Crippen LogP contribution in [0.15, 0.2) is 0 Å². The Kier molecular flexibility index (Phi) is 5.81. The van der Waals surface area contributed by atoms with Crippen LogP contribution in [0, 0.1) is 11.8 Å². The molecule has 1 atom stereocenters. The molecule has 0 unspecified atom stereocenters. The number of nitrogens with two attached hydrogens (primary N) is 1. The summed E-state index contributed by atoms with van der Waals surface area (Å²) in [6.45, 7) is 5.19. The normalized spacial score (nSPS) is 27.4. The van der Waals surface area contributed by atoms with Gasteiger partial charge >= 0.3 is 0 Å². The van der Waals surface area contributed by atoms with Crippen LogP contribution in [0.25, 0.3) is 0 Å². The lowest BCUT2D eigenvalue weighted by atomic mass is 9.83. The smallest absolute Gasteiger partial charge is 0.236 e. The molecule has 1 aliphatic carbocycles. The molecule has 0 aromatic heterocycles. The van der Waals surface area contributed by atoms with Crippen LogP contribution in [0.4, 0.5) is 0 Å². The van der Waals surface area contributed by atoms with Crippen LogP contribution >= 0.6 is 0 Å². The third-order valence-electron chi connectivity index (χ3n) is 3.64. The van der Waals surface area contributed by atoms with Crippen molar-refractivity contribution < 1.29 is 4.79 Å². The quantitative estimate of drug-likeness (QED) is 0.754. The summed E-state index contributed by atoms with van der Waals surface area (Å²) in [5.41, 5.74) is 5.75. The second kappa shape index (κ2) is 6.89. The summed E-state index contributed by atoms with van der Waals surface area (Å²) in [5.74, 6) is 1.57. The second-order valence-corrected chi connectivity index (χ2v) is 5.27. The number of carbonyl (C=O) groups is 1. The number of carbonyl (C=O) groups excluding carboxylic acids is 1. The van der Waals surface area contributed by atoms with Crippen molar-refractivity contribution in [3.05, 3.63) is 0 Å². The summed E-state index contributed by atoms with van der Waals surface area (Å²) in [6, 6.07) is -0.312. The van der Waals surface area contributed by atoms with Crippen LogP contribution in [0.5, 0.6) is 0 Å². The summed E-state index contributed by atoms with van der Waals surface area (Å²) in [7, 11) is 0. The van der Waals surface area contributed by atoms with Gasteiger partial charge in [-0.05, 0) is 31.1 Å². The molecule has 3 nitrogen and oxygen atoms in total. The van der Waals surface area contributed by atoms with Gasteiger partial charge in [0.1, 0.15) is 0 Å². The molecule has 1 rings (SSSR count). The minimum absolute atomic E-state index is 0.0282. The van der Waals surface area contributed by atoms with Gasteiger partial charge in [0.05, 0.1) is 6.04 Å². The molecule has 1 fully saturated rings. The number of hydrogen-bond donors (Lipinski definition) is 2. The lowest BCUT2D eigenvalue weighted by molar-refractivity contribution is -0.122. The number of hydrogen-bond acceptors (Lipinski definition) is 2. The van der Waals surface area contributed by atoms with Crippen LogP contribution in [-0.2, 0) is 4.79 Å².